The minimum Gasteiger partial charge on any atom is -0.379 e. The summed E-state index contributed by atoms with van der Waals surface area (Å²) >= 11 is 0. The Balaban J connectivity index is 2.10. The van der Waals surface area contributed by atoms with Gasteiger partial charge in [0.15, 0.2) is 5.78 Å². The molecule has 0 heterocycles. The van der Waals surface area contributed by atoms with Crippen LogP contribution in [0.1, 0.15) is 68.4 Å². The second-order valence-electron chi connectivity index (χ2n) is 9.34. The third-order valence-electron chi connectivity index (χ3n) is 6.23. The van der Waals surface area contributed by atoms with E-state index in [1.54, 1.807) is 36.4 Å². The molecule has 0 bridgehead atoms. The minimum atomic E-state index is -4.04. The number of hydrogen-bond donors (Lipinski definition) is 0. The van der Waals surface area contributed by atoms with Crippen molar-refractivity contribution in [2.75, 3.05) is 6.54 Å². The smallest absolute Gasteiger partial charge is 0.339 e. The first kappa shape index (κ1) is 26.6. The number of rotatable bonds is 11. The molecule has 0 aromatic heterocycles. The minimum absolute atomic E-state index is 0.0819. The Morgan fingerprint density at radius 2 is 1.43 bits per heavy atom. The van der Waals surface area contributed by atoms with Crippen molar-refractivity contribution < 1.29 is 17.4 Å². The van der Waals surface area contributed by atoms with Crippen molar-refractivity contribution >= 4 is 15.9 Å². The number of benzene rings is 3. The summed E-state index contributed by atoms with van der Waals surface area (Å²) in [4.78, 5) is 14.7. The van der Waals surface area contributed by atoms with Gasteiger partial charge in [0.2, 0.25) is 0 Å². The molecule has 1 atom stereocenters. The van der Waals surface area contributed by atoms with Crippen LogP contribution < -0.4 is 4.18 Å². The maximum Gasteiger partial charge on any atom is 0.339 e. The standard InChI is InChI=1S/C29H35NO4S/c1-21(2)30(22(3)4)19-18-27(24-12-8-6-9-13-24)28-20-25(23(5)31)16-17-29(28)34-35(32,33)26-14-10-7-11-15-26/h6-17,20-22,27H,18-19H2,1-5H3. The summed E-state index contributed by atoms with van der Waals surface area (Å²) in [5.74, 6) is 0.00587. The molecule has 0 aliphatic rings. The molecule has 0 fully saturated rings. The Morgan fingerprint density at radius 3 is 1.97 bits per heavy atom. The van der Waals surface area contributed by atoms with Gasteiger partial charge in [-0.15, -0.1) is 0 Å². The highest BCUT2D eigenvalue weighted by Crippen LogP contribution is 2.37. The molecule has 0 saturated heterocycles. The fraction of sp³-hybridized carbons (Fsp3) is 0.345. The van der Waals surface area contributed by atoms with Gasteiger partial charge in [-0.2, -0.15) is 8.42 Å². The van der Waals surface area contributed by atoms with Gasteiger partial charge in [-0.1, -0.05) is 48.5 Å². The topological polar surface area (TPSA) is 63.7 Å². The first-order valence-corrected chi connectivity index (χ1v) is 13.5. The van der Waals surface area contributed by atoms with Gasteiger partial charge < -0.3 is 4.18 Å². The molecule has 3 aromatic carbocycles. The third-order valence-corrected chi connectivity index (χ3v) is 7.48. The van der Waals surface area contributed by atoms with Crippen molar-refractivity contribution in [1.82, 2.24) is 4.90 Å². The lowest BCUT2D eigenvalue weighted by molar-refractivity contribution is 0.101. The molecule has 0 amide bonds. The number of Topliss-reactive ketones (excluding diaryl/α,β-unsaturated/α-hetero) is 1. The average Bonchev–Trinajstić information content (AvgIpc) is 2.82. The average molecular weight is 494 g/mol. The van der Waals surface area contributed by atoms with Crippen molar-refractivity contribution in [2.24, 2.45) is 0 Å². The van der Waals surface area contributed by atoms with E-state index < -0.39 is 10.1 Å². The highest BCUT2D eigenvalue weighted by molar-refractivity contribution is 7.87. The van der Waals surface area contributed by atoms with Gasteiger partial charge in [-0.05, 0) is 83.5 Å². The molecular formula is C29H35NO4S. The van der Waals surface area contributed by atoms with E-state index in [0.29, 0.717) is 23.2 Å². The van der Waals surface area contributed by atoms with Gasteiger partial charge >= 0.3 is 10.1 Å². The summed E-state index contributed by atoms with van der Waals surface area (Å²) in [5.41, 5.74) is 2.26. The Kier molecular flexibility index (Phi) is 8.87. The van der Waals surface area contributed by atoms with Crippen LogP contribution >= 0.6 is 0 Å². The largest absolute Gasteiger partial charge is 0.379 e. The highest BCUT2D eigenvalue weighted by Gasteiger charge is 2.26. The SMILES string of the molecule is CC(=O)c1ccc(OS(=O)(=O)c2ccccc2)c(C(CCN(C(C)C)C(C)C)c2ccccc2)c1. The maximum atomic E-state index is 13.1. The number of carbonyl (C=O) groups excluding carboxylic acids is 1. The van der Waals surface area contributed by atoms with Crippen molar-refractivity contribution in [3.63, 3.8) is 0 Å². The molecule has 6 heteroatoms. The normalized spacial score (nSPS) is 12.8. The first-order valence-electron chi connectivity index (χ1n) is 12.0. The lowest BCUT2D eigenvalue weighted by Crippen LogP contribution is -2.38. The Labute approximate surface area is 209 Å². The predicted octanol–water partition coefficient (Wildman–Crippen LogP) is 6.30. The Morgan fingerprint density at radius 1 is 0.857 bits per heavy atom. The van der Waals surface area contributed by atoms with Crippen molar-refractivity contribution in [3.8, 4) is 5.75 Å². The first-order chi connectivity index (χ1) is 16.6. The molecule has 0 aliphatic heterocycles. The molecule has 0 aliphatic carbocycles. The lowest BCUT2D eigenvalue weighted by Gasteiger charge is -2.32. The molecule has 5 nitrogen and oxygen atoms in total. The van der Waals surface area contributed by atoms with Gasteiger partial charge in [-0.25, -0.2) is 0 Å². The third kappa shape index (κ3) is 6.80. The highest BCUT2D eigenvalue weighted by atomic mass is 32.2. The Hall–Kier alpha value is -2.96. The van der Waals surface area contributed by atoms with Gasteiger partial charge in [0.1, 0.15) is 10.6 Å². The van der Waals surface area contributed by atoms with Gasteiger partial charge in [-0.3, -0.25) is 9.69 Å². The van der Waals surface area contributed by atoms with Gasteiger partial charge in [0.25, 0.3) is 0 Å². The number of hydrogen-bond acceptors (Lipinski definition) is 5. The number of carbonyl (C=O) groups is 1. The monoisotopic (exact) mass is 493 g/mol. The van der Waals surface area contributed by atoms with Gasteiger partial charge in [0, 0.05) is 29.1 Å². The summed E-state index contributed by atoms with van der Waals surface area (Å²) in [6.07, 6.45) is 0.740. The summed E-state index contributed by atoms with van der Waals surface area (Å²) in [5, 5.41) is 0. The molecule has 1 unspecified atom stereocenters. The molecule has 0 N–H and O–H groups in total. The number of nitrogens with zero attached hydrogens (tertiary/aromatic N) is 1. The molecule has 3 rings (SSSR count). The van der Waals surface area contributed by atoms with E-state index in [-0.39, 0.29) is 22.3 Å². The Bertz CT molecular complexity index is 1210. The summed E-state index contributed by atoms with van der Waals surface area (Å²) < 4.78 is 31.9. The van der Waals surface area contributed by atoms with E-state index in [0.717, 1.165) is 18.5 Å². The van der Waals surface area contributed by atoms with E-state index >= 15 is 0 Å². The van der Waals surface area contributed by atoms with Gasteiger partial charge in [0.05, 0.1) is 0 Å². The fourth-order valence-corrected chi connectivity index (χ4v) is 5.42. The van der Waals surface area contributed by atoms with E-state index in [1.807, 2.05) is 30.3 Å². The maximum absolute atomic E-state index is 13.1. The van der Waals surface area contributed by atoms with Crippen LogP contribution in [0.25, 0.3) is 0 Å². The van der Waals surface area contributed by atoms with E-state index in [9.17, 15) is 13.2 Å². The van der Waals surface area contributed by atoms with Crippen LogP contribution in [0.5, 0.6) is 5.75 Å². The summed E-state index contributed by atoms with van der Waals surface area (Å²) in [6, 6.07) is 23.8. The van der Waals surface area contributed by atoms with E-state index in [1.165, 1.54) is 19.1 Å². The van der Waals surface area contributed by atoms with Crippen LogP contribution in [0.15, 0.2) is 83.8 Å². The quantitative estimate of drug-likeness (QED) is 0.232. The zero-order valence-corrected chi connectivity index (χ0v) is 22.0. The predicted molar refractivity (Wildman–Crippen MR) is 141 cm³/mol. The van der Waals surface area contributed by atoms with Crippen LogP contribution in [0.2, 0.25) is 0 Å². The zero-order valence-electron chi connectivity index (χ0n) is 21.1. The van der Waals surface area contributed by atoms with Crippen LogP contribution in [0.3, 0.4) is 0 Å². The number of ketones is 1. The summed E-state index contributed by atoms with van der Waals surface area (Å²) in [6.45, 7) is 11.0. The second kappa shape index (κ2) is 11.6. The van der Waals surface area contributed by atoms with Crippen molar-refractivity contribution in [2.45, 2.75) is 63.9 Å². The molecule has 186 valence electrons. The molecular weight excluding hydrogens is 458 g/mol. The molecule has 0 radical (unpaired) electrons. The molecule has 0 saturated carbocycles. The molecule has 3 aromatic rings. The molecule has 0 spiro atoms. The lowest BCUT2D eigenvalue weighted by atomic mass is 9.86. The van der Waals surface area contributed by atoms with Crippen molar-refractivity contribution in [3.05, 3.63) is 95.6 Å². The van der Waals surface area contributed by atoms with E-state index in [4.69, 9.17) is 4.18 Å². The van der Waals surface area contributed by atoms with Crippen LogP contribution in [-0.4, -0.2) is 37.7 Å². The fourth-order valence-electron chi connectivity index (χ4n) is 4.45. The van der Waals surface area contributed by atoms with E-state index in [2.05, 4.69) is 32.6 Å². The van der Waals surface area contributed by atoms with Crippen LogP contribution in [0, 0.1) is 0 Å². The summed E-state index contributed by atoms with van der Waals surface area (Å²) in [7, 11) is -4.04. The molecule has 35 heavy (non-hydrogen) atoms. The second-order valence-corrected chi connectivity index (χ2v) is 10.9. The van der Waals surface area contributed by atoms with Crippen LogP contribution in [0.4, 0.5) is 0 Å². The van der Waals surface area contributed by atoms with Crippen LogP contribution in [-0.2, 0) is 10.1 Å². The zero-order chi connectivity index (χ0) is 25.6. The van der Waals surface area contributed by atoms with Crippen molar-refractivity contribution in [1.29, 1.82) is 0 Å².